The lowest BCUT2D eigenvalue weighted by Crippen LogP contribution is -2.42. The minimum Gasteiger partial charge on any atom is -0.372 e. The monoisotopic (exact) mass is 335 g/mol. The molecule has 1 aromatic carbocycles. The molecule has 1 aliphatic heterocycles. The number of halogens is 1. The lowest BCUT2D eigenvalue weighted by Gasteiger charge is -2.32. The molecule has 1 aliphatic rings. The third-order valence-electron chi connectivity index (χ3n) is 3.77. The molecule has 1 fully saturated rings. The van der Waals surface area contributed by atoms with Crippen molar-refractivity contribution in [2.75, 3.05) is 13.1 Å². The Morgan fingerprint density at radius 2 is 2.27 bits per heavy atom. The van der Waals surface area contributed by atoms with E-state index in [9.17, 15) is 4.79 Å². The van der Waals surface area contributed by atoms with E-state index in [1.54, 1.807) is 0 Å². The third-order valence-corrected chi connectivity index (χ3v) is 4.87. The third kappa shape index (κ3) is 3.88. The number of likely N-dealkylation sites (tertiary alicyclic amines) is 1. The average molecular weight is 336 g/mol. The lowest BCUT2D eigenvalue weighted by molar-refractivity contribution is -0.00658. The number of carbonyl (C=O) groups excluding carboxylic acids is 1. The van der Waals surface area contributed by atoms with Crippen molar-refractivity contribution in [1.29, 1.82) is 0 Å². The van der Waals surface area contributed by atoms with Gasteiger partial charge in [-0.05, 0) is 42.0 Å². The summed E-state index contributed by atoms with van der Waals surface area (Å²) in [7, 11) is 0. The molecule has 3 rings (SSSR count). The highest BCUT2D eigenvalue weighted by molar-refractivity contribution is 7.12. The predicted molar refractivity (Wildman–Crippen MR) is 89.5 cm³/mol. The molecule has 1 saturated heterocycles. The van der Waals surface area contributed by atoms with Gasteiger partial charge in [0.1, 0.15) is 0 Å². The summed E-state index contributed by atoms with van der Waals surface area (Å²) in [5.41, 5.74) is 1.06. The Morgan fingerprint density at radius 3 is 3.05 bits per heavy atom. The van der Waals surface area contributed by atoms with Gasteiger partial charge in [0, 0.05) is 18.1 Å². The number of piperidine rings is 1. The SMILES string of the molecule is O=C(c1cccs1)N1CCCC(OCc2cccc(Cl)c2)C1. The van der Waals surface area contributed by atoms with E-state index in [-0.39, 0.29) is 12.0 Å². The summed E-state index contributed by atoms with van der Waals surface area (Å²) in [6.07, 6.45) is 2.07. The van der Waals surface area contributed by atoms with Crippen molar-refractivity contribution >= 4 is 28.8 Å². The molecule has 2 aromatic rings. The zero-order chi connectivity index (χ0) is 15.4. The number of carbonyl (C=O) groups is 1. The zero-order valence-electron chi connectivity index (χ0n) is 12.2. The van der Waals surface area contributed by atoms with Crippen LogP contribution in [0.25, 0.3) is 0 Å². The molecule has 116 valence electrons. The molecular weight excluding hydrogens is 318 g/mol. The van der Waals surface area contributed by atoms with E-state index in [1.807, 2.05) is 46.7 Å². The van der Waals surface area contributed by atoms with E-state index in [2.05, 4.69) is 0 Å². The number of amides is 1. The van der Waals surface area contributed by atoms with E-state index < -0.39 is 0 Å². The first-order chi connectivity index (χ1) is 10.7. The highest BCUT2D eigenvalue weighted by Gasteiger charge is 2.25. The van der Waals surface area contributed by atoms with E-state index in [0.29, 0.717) is 13.2 Å². The summed E-state index contributed by atoms with van der Waals surface area (Å²) < 4.78 is 5.97. The highest BCUT2D eigenvalue weighted by Crippen LogP contribution is 2.20. The van der Waals surface area contributed by atoms with Crippen molar-refractivity contribution in [2.45, 2.75) is 25.6 Å². The summed E-state index contributed by atoms with van der Waals surface area (Å²) >= 11 is 7.47. The summed E-state index contributed by atoms with van der Waals surface area (Å²) in [4.78, 5) is 15.1. The van der Waals surface area contributed by atoms with Crippen LogP contribution < -0.4 is 0 Å². The summed E-state index contributed by atoms with van der Waals surface area (Å²) in [5.74, 6) is 0.117. The Labute approximate surface area is 139 Å². The van der Waals surface area contributed by atoms with Gasteiger partial charge < -0.3 is 9.64 Å². The molecule has 2 heterocycles. The maximum absolute atomic E-state index is 12.4. The Hall–Kier alpha value is -1.36. The quantitative estimate of drug-likeness (QED) is 0.837. The molecule has 1 aromatic heterocycles. The number of rotatable bonds is 4. The van der Waals surface area contributed by atoms with Crippen molar-refractivity contribution in [1.82, 2.24) is 4.90 Å². The lowest BCUT2D eigenvalue weighted by atomic mass is 10.1. The van der Waals surface area contributed by atoms with Crippen LogP contribution >= 0.6 is 22.9 Å². The van der Waals surface area contributed by atoms with E-state index >= 15 is 0 Å². The first-order valence-corrected chi connectivity index (χ1v) is 8.67. The molecule has 0 N–H and O–H groups in total. The predicted octanol–water partition coefficient (Wildman–Crippen LogP) is 4.22. The van der Waals surface area contributed by atoms with Crippen molar-refractivity contribution in [3.8, 4) is 0 Å². The van der Waals surface area contributed by atoms with Crippen LogP contribution in [0.3, 0.4) is 0 Å². The average Bonchev–Trinajstić information content (AvgIpc) is 3.07. The van der Waals surface area contributed by atoms with Crippen LogP contribution in [0.5, 0.6) is 0 Å². The van der Waals surface area contributed by atoms with E-state index in [4.69, 9.17) is 16.3 Å². The molecule has 0 aliphatic carbocycles. The van der Waals surface area contributed by atoms with Crippen LogP contribution in [0.4, 0.5) is 0 Å². The van der Waals surface area contributed by atoms with Gasteiger partial charge >= 0.3 is 0 Å². The Morgan fingerprint density at radius 1 is 1.36 bits per heavy atom. The topological polar surface area (TPSA) is 29.5 Å². The van der Waals surface area contributed by atoms with Crippen molar-refractivity contribution in [3.05, 3.63) is 57.2 Å². The Bertz CT molecular complexity index is 629. The zero-order valence-corrected chi connectivity index (χ0v) is 13.8. The molecule has 5 heteroatoms. The Balaban J connectivity index is 1.55. The van der Waals surface area contributed by atoms with E-state index in [0.717, 1.165) is 34.8 Å². The molecule has 0 spiro atoms. The van der Waals surface area contributed by atoms with Gasteiger partial charge in [0.25, 0.3) is 5.91 Å². The van der Waals surface area contributed by atoms with Crippen LogP contribution in [0.2, 0.25) is 5.02 Å². The van der Waals surface area contributed by atoms with Crippen LogP contribution in [0, 0.1) is 0 Å². The van der Waals surface area contributed by atoms with Crippen molar-refractivity contribution in [2.24, 2.45) is 0 Å². The number of thiophene rings is 1. The second-order valence-corrected chi connectivity index (χ2v) is 6.82. The molecule has 3 nitrogen and oxygen atoms in total. The molecule has 0 radical (unpaired) electrons. The maximum atomic E-state index is 12.4. The normalized spacial score (nSPS) is 18.4. The molecule has 0 bridgehead atoms. The highest BCUT2D eigenvalue weighted by atomic mass is 35.5. The first-order valence-electron chi connectivity index (χ1n) is 7.41. The van der Waals surface area contributed by atoms with Crippen molar-refractivity contribution in [3.63, 3.8) is 0 Å². The van der Waals surface area contributed by atoms with Gasteiger partial charge in [-0.3, -0.25) is 4.79 Å². The van der Waals surface area contributed by atoms with Gasteiger partial charge in [0.2, 0.25) is 0 Å². The molecule has 0 saturated carbocycles. The fraction of sp³-hybridized carbons (Fsp3) is 0.353. The van der Waals surface area contributed by atoms with Gasteiger partial charge in [-0.2, -0.15) is 0 Å². The molecule has 1 atom stereocenters. The van der Waals surface area contributed by atoms with Crippen molar-refractivity contribution < 1.29 is 9.53 Å². The molecule has 22 heavy (non-hydrogen) atoms. The van der Waals surface area contributed by atoms with Crippen LogP contribution in [-0.4, -0.2) is 30.0 Å². The van der Waals surface area contributed by atoms with Gasteiger partial charge in [0.05, 0.1) is 17.6 Å². The number of hydrogen-bond acceptors (Lipinski definition) is 3. The number of nitrogens with zero attached hydrogens (tertiary/aromatic N) is 1. The fourth-order valence-electron chi connectivity index (χ4n) is 2.66. The minimum atomic E-state index is 0.0941. The van der Waals surface area contributed by atoms with Gasteiger partial charge in [-0.1, -0.05) is 29.8 Å². The van der Waals surface area contributed by atoms with Crippen LogP contribution in [-0.2, 0) is 11.3 Å². The first kappa shape index (κ1) is 15.5. The van der Waals surface area contributed by atoms with Crippen LogP contribution in [0.1, 0.15) is 28.1 Å². The number of ether oxygens (including phenoxy) is 1. The Kier molecular flexibility index (Phi) is 5.13. The second-order valence-electron chi connectivity index (χ2n) is 5.43. The summed E-state index contributed by atoms with van der Waals surface area (Å²) in [6, 6.07) is 11.5. The summed E-state index contributed by atoms with van der Waals surface area (Å²) in [6.45, 7) is 2.01. The standard InChI is InChI=1S/C17H18ClNO2S/c18-14-5-1-4-13(10-14)12-21-15-6-2-8-19(11-15)17(20)16-7-3-9-22-16/h1,3-5,7,9-10,15H,2,6,8,11-12H2. The number of benzene rings is 1. The molecule has 1 amide bonds. The fourth-order valence-corrected chi connectivity index (χ4v) is 3.56. The van der Waals surface area contributed by atoms with Crippen LogP contribution in [0.15, 0.2) is 41.8 Å². The summed E-state index contributed by atoms with van der Waals surface area (Å²) in [5, 5.41) is 2.66. The maximum Gasteiger partial charge on any atom is 0.264 e. The second kappa shape index (κ2) is 7.27. The number of hydrogen-bond donors (Lipinski definition) is 0. The van der Waals surface area contributed by atoms with E-state index in [1.165, 1.54) is 11.3 Å². The van der Waals surface area contributed by atoms with Gasteiger partial charge in [-0.25, -0.2) is 0 Å². The molecule has 1 unspecified atom stereocenters. The minimum absolute atomic E-state index is 0.0941. The largest absolute Gasteiger partial charge is 0.372 e. The van der Waals surface area contributed by atoms with Gasteiger partial charge in [0.15, 0.2) is 0 Å². The smallest absolute Gasteiger partial charge is 0.264 e. The molecular formula is C17H18ClNO2S. The van der Waals surface area contributed by atoms with Gasteiger partial charge in [-0.15, -0.1) is 11.3 Å².